The summed E-state index contributed by atoms with van der Waals surface area (Å²) in [4.78, 5) is 11.7. The first-order valence-electron chi connectivity index (χ1n) is 6.49. The van der Waals surface area contributed by atoms with Crippen molar-refractivity contribution in [1.29, 1.82) is 0 Å². The van der Waals surface area contributed by atoms with Gasteiger partial charge in [0.25, 0.3) is 0 Å². The highest BCUT2D eigenvalue weighted by atomic mass is 16.6. The van der Waals surface area contributed by atoms with Gasteiger partial charge in [0.1, 0.15) is 12.7 Å². The lowest BCUT2D eigenvalue weighted by molar-refractivity contribution is -0.127. The van der Waals surface area contributed by atoms with Crippen LogP contribution in [-0.2, 0) is 4.79 Å². The lowest BCUT2D eigenvalue weighted by atomic mass is 9.85. The fraction of sp³-hybridized carbons (Fsp3) is 0.500. The predicted octanol–water partition coefficient (Wildman–Crippen LogP) is 1.74. The van der Waals surface area contributed by atoms with E-state index in [9.17, 15) is 4.79 Å². The van der Waals surface area contributed by atoms with Crippen molar-refractivity contribution in [2.75, 3.05) is 13.2 Å². The van der Waals surface area contributed by atoms with Gasteiger partial charge >= 0.3 is 0 Å². The van der Waals surface area contributed by atoms with E-state index in [2.05, 4.69) is 5.32 Å². The molecule has 1 atom stereocenters. The largest absolute Gasteiger partial charge is 0.486 e. The van der Waals surface area contributed by atoms with Gasteiger partial charge in [-0.05, 0) is 25.0 Å². The Balaban J connectivity index is 1.51. The molecule has 0 saturated heterocycles. The standard InChI is InChI=1S/C14H17NO3/c16-14(10-4-3-5-10)15-8-11-9-17-12-6-1-2-7-13(12)18-11/h1-2,6-7,10-11H,3-5,8-9H2,(H,15,16). The van der Waals surface area contributed by atoms with Gasteiger partial charge in [-0.15, -0.1) is 0 Å². The SMILES string of the molecule is O=C(NCC1COc2ccccc2O1)C1CCC1. The highest BCUT2D eigenvalue weighted by Crippen LogP contribution is 2.31. The summed E-state index contributed by atoms with van der Waals surface area (Å²) < 4.78 is 11.4. The molecule has 1 aromatic rings. The van der Waals surface area contributed by atoms with Crippen LogP contribution >= 0.6 is 0 Å². The van der Waals surface area contributed by atoms with Crippen LogP contribution in [0.1, 0.15) is 19.3 Å². The molecule has 1 amide bonds. The van der Waals surface area contributed by atoms with Gasteiger partial charge in [-0.1, -0.05) is 18.6 Å². The normalized spacial score (nSPS) is 22.1. The minimum Gasteiger partial charge on any atom is -0.486 e. The summed E-state index contributed by atoms with van der Waals surface area (Å²) in [6, 6.07) is 7.60. The third kappa shape index (κ3) is 2.28. The Morgan fingerprint density at radius 2 is 2.06 bits per heavy atom. The number of hydrogen-bond acceptors (Lipinski definition) is 3. The summed E-state index contributed by atoms with van der Waals surface area (Å²) in [5.41, 5.74) is 0. The summed E-state index contributed by atoms with van der Waals surface area (Å²) in [5.74, 6) is 1.91. The quantitative estimate of drug-likeness (QED) is 0.885. The van der Waals surface area contributed by atoms with Crippen molar-refractivity contribution in [3.05, 3.63) is 24.3 Å². The van der Waals surface area contributed by atoms with E-state index in [1.807, 2.05) is 24.3 Å². The first-order valence-corrected chi connectivity index (χ1v) is 6.49. The number of hydrogen-bond donors (Lipinski definition) is 1. The number of ether oxygens (including phenoxy) is 2. The van der Waals surface area contributed by atoms with Crippen LogP contribution in [0.4, 0.5) is 0 Å². The van der Waals surface area contributed by atoms with Gasteiger partial charge in [-0.25, -0.2) is 0 Å². The number of fused-ring (bicyclic) bond motifs is 1. The first-order chi connectivity index (χ1) is 8.83. The minimum absolute atomic E-state index is 0.0936. The predicted molar refractivity (Wildman–Crippen MR) is 66.7 cm³/mol. The molecule has 0 spiro atoms. The molecule has 4 nitrogen and oxygen atoms in total. The molecule has 1 aliphatic carbocycles. The van der Waals surface area contributed by atoms with E-state index in [4.69, 9.17) is 9.47 Å². The molecule has 1 aromatic carbocycles. The van der Waals surface area contributed by atoms with Crippen LogP contribution in [0.2, 0.25) is 0 Å². The number of benzene rings is 1. The maximum absolute atomic E-state index is 11.7. The second kappa shape index (κ2) is 4.88. The summed E-state index contributed by atoms with van der Waals surface area (Å²) >= 11 is 0. The van der Waals surface area contributed by atoms with Crippen molar-refractivity contribution in [1.82, 2.24) is 5.32 Å². The summed E-state index contributed by atoms with van der Waals surface area (Å²) in [7, 11) is 0. The Kier molecular flexibility index (Phi) is 3.09. The van der Waals surface area contributed by atoms with E-state index in [0.29, 0.717) is 13.2 Å². The molecule has 1 unspecified atom stereocenters. The van der Waals surface area contributed by atoms with E-state index >= 15 is 0 Å². The van der Waals surface area contributed by atoms with E-state index in [-0.39, 0.29) is 17.9 Å². The summed E-state index contributed by atoms with van der Waals surface area (Å²) in [6.45, 7) is 1.01. The van der Waals surface area contributed by atoms with Crippen LogP contribution in [0.3, 0.4) is 0 Å². The Morgan fingerprint density at radius 1 is 1.28 bits per heavy atom. The maximum Gasteiger partial charge on any atom is 0.223 e. The van der Waals surface area contributed by atoms with E-state index in [1.54, 1.807) is 0 Å². The molecule has 1 aliphatic heterocycles. The molecule has 4 heteroatoms. The lowest BCUT2D eigenvalue weighted by Crippen LogP contribution is -2.43. The van der Waals surface area contributed by atoms with Gasteiger partial charge in [0.15, 0.2) is 11.5 Å². The lowest BCUT2D eigenvalue weighted by Gasteiger charge is -2.28. The fourth-order valence-corrected chi connectivity index (χ4v) is 2.19. The van der Waals surface area contributed by atoms with Gasteiger partial charge in [0.05, 0.1) is 6.54 Å². The van der Waals surface area contributed by atoms with Crippen LogP contribution in [0.5, 0.6) is 11.5 Å². The third-order valence-electron chi connectivity index (χ3n) is 3.55. The third-order valence-corrected chi connectivity index (χ3v) is 3.55. The van der Waals surface area contributed by atoms with Crippen molar-refractivity contribution in [3.63, 3.8) is 0 Å². The molecule has 3 rings (SSSR count). The monoisotopic (exact) mass is 247 g/mol. The maximum atomic E-state index is 11.7. The average Bonchev–Trinajstić information content (AvgIpc) is 2.34. The highest BCUT2D eigenvalue weighted by molar-refractivity contribution is 5.79. The van der Waals surface area contributed by atoms with Crippen LogP contribution in [0.25, 0.3) is 0 Å². The van der Waals surface area contributed by atoms with Gasteiger partial charge in [-0.2, -0.15) is 0 Å². The molecule has 2 aliphatic rings. The van der Waals surface area contributed by atoms with Gasteiger partial charge in [0.2, 0.25) is 5.91 Å². The Hall–Kier alpha value is -1.71. The molecule has 18 heavy (non-hydrogen) atoms. The molecule has 1 heterocycles. The molecule has 1 N–H and O–H groups in total. The number of rotatable bonds is 3. The Labute approximate surface area is 106 Å². The number of nitrogens with one attached hydrogen (secondary N) is 1. The molecule has 96 valence electrons. The zero-order chi connectivity index (χ0) is 12.4. The van der Waals surface area contributed by atoms with Crippen LogP contribution in [-0.4, -0.2) is 25.2 Å². The van der Waals surface area contributed by atoms with E-state index in [0.717, 1.165) is 24.3 Å². The van der Waals surface area contributed by atoms with Crippen LogP contribution in [0.15, 0.2) is 24.3 Å². The van der Waals surface area contributed by atoms with Crippen LogP contribution < -0.4 is 14.8 Å². The van der Waals surface area contributed by atoms with Crippen LogP contribution in [0, 0.1) is 5.92 Å². The number of carbonyl (C=O) groups is 1. The second-order valence-corrected chi connectivity index (χ2v) is 4.87. The van der Waals surface area contributed by atoms with Crippen molar-refractivity contribution >= 4 is 5.91 Å². The zero-order valence-corrected chi connectivity index (χ0v) is 10.2. The Morgan fingerprint density at radius 3 is 2.78 bits per heavy atom. The second-order valence-electron chi connectivity index (χ2n) is 4.87. The van der Waals surface area contributed by atoms with Crippen molar-refractivity contribution in [2.45, 2.75) is 25.4 Å². The summed E-state index contributed by atoms with van der Waals surface area (Å²) in [6.07, 6.45) is 3.13. The molecular formula is C14H17NO3. The topological polar surface area (TPSA) is 47.6 Å². The number of para-hydroxylation sites is 2. The minimum atomic E-state index is -0.0936. The van der Waals surface area contributed by atoms with Gasteiger partial charge in [0, 0.05) is 5.92 Å². The molecule has 0 radical (unpaired) electrons. The smallest absolute Gasteiger partial charge is 0.223 e. The fourth-order valence-electron chi connectivity index (χ4n) is 2.19. The van der Waals surface area contributed by atoms with Crippen molar-refractivity contribution < 1.29 is 14.3 Å². The zero-order valence-electron chi connectivity index (χ0n) is 10.2. The number of amides is 1. The molecule has 1 fully saturated rings. The van der Waals surface area contributed by atoms with Crippen molar-refractivity contribution in [2.24, 2.45) is 5.92 Å². The van der Waals surface area contributed by atoms with Gasteiger partial charge in [-0.3, -0.25) is 4.79 Å². The summed E-state index contributed by atoms with van der Waals surface area (Å²) in [5, 5.41) is 2.94. The average molecular weight is 247 g/mol. The van der Waals surface area contributed by atoms with E-state index < -0.39 is 0 Å². The molecular weight excluding hydrogens is 230 g/mol. The molecule has 0 aromatic heterocycles. The van der Waals surface area contributed by atoms with Crippen molar-refractivity contribution in [3.8, 4) is 11.5 Å². The molecule has 0 bridgehead atoms. The Bertz CT molecular complexity index is 442. The molecule has 1 saturated carbocycles. The highest BCUT2D eigenvalue weighted by Gasteiger charge is 2.27. The number of carbonyl (C=O) groups excluding carboxylic acids is 1. The van der Waals surface area contributed by atoms with E-state index in [1.165, 1.54) is 6.42 Å². The first kappa shape index (κ1) is 11.4. The van der Waals surface area contributed by atoms with Gasteiger partial charge < -0.3 is 14.8 Å².